The van der Waals surface area contributed by atoms with Crippen molar-refractivity contribution >= 4 is 27.3 Å². The molecule has 3 aromatic carbocycles. The molecular weight excluding hydrogens is 575 g/mol. The minimum atomic E-state index is -0.412. The number of aliphatic hydroxyl groups excluding tert-OH is 1. The van der Waals surface area contributed by atoms with Gasteiger partial charge >= 0.3 is 0 Å². The van der Waals surface area contributed by atoms with Crippen LogP contribution in [0, 0.1) is 13.0 Å². The van der Waals surface area contributed by atoms with Crippen molar-refractivity contribution in [1.29, 1.82) is 0 Å². The molecule has 3 nitrogen and oxygen atoms in total. The Morgan fingerprint density at radius 3 is 2.53 bits per heavy atom. The minimum absolute atomic E-state index is 0. The van der Waals surface area contributed by atoms with E-state index in [0.717, 1.165) is 11.3 Å². The van der Waals surface area contributed by atoms with Gasteiger partial charge in [0.05, 0.1) is 7.13 Å². The van der Waals surface area contributed by atoms with E-state index in [9.17, 15) is 4.79 Å². The maximum absolute atomic E-state index is 10.2. The van der Waals surface area contributed by atoms with Crippen LogP contribution in [0.1, 0.15) is 45.8 Å². The van der Waals surface area contributed by atoms with Gasteiger partial charge in [0.25, 0.3) is 0 Å². The molecule has 32 heavy (non-hydrogen) atoms. The van der Waals surface area contributed by atoms with Crippen molar-refractivity contribution < 1.29 is 31.4 Å². The molecular formula is C28H26IrNO2-. The van der Waals surface area contributed by atoms with E-state index in [1.54, 1.807) is 0 Å². The zero-order chi connectivity index (χ0) is 23.2. The number of fused-ring (bicyclic) bond motifs is 4. The summed E-state index contributed by atoms with van der Waals surface area (Å²) in [5.41, 5.74) is 6.17. The number of pyridine rings is 1. The van der Waals surface area contributed by atoms with Gasteiger partial charge < -0.3 is 10.1 Å². The number of carbonyl (C=O) groups excluding carboxylic acids is 1. The Labute approximate surface area is 204 Å². The van der Waals surface area contributed by atoms with Gasteiger partial charge in [0.2, 0.25) is 0 Å². The molecule has 4 heteroatoms. The van der Waals surface area contributed by atoms with Crippen LogP contribution in [-0.2, 0) is 30.3 Å². The van der Waals surface area contributed by atoms with Crippen LogP contribution >= 0.6 is 0 Å². The largest absolute Gasteiger partial charge is 0.512 e. The molecule has 4 aromatic rings. The van der Waals surface area contributed by atoms with E-state index < -0.39 is 5.78 Å². The summed E-state index contributed by atoms with van der Waals surface area (Å²) in [5.74, 6) is -0.637. The maximum Gasteiger partial charge on any atom is 0.155 e. The third-order valence-corrected chi connectivity index (χ3v) is 5.75. The normalized spacial score (nSPS) is 14.3. The van der Waals surface area contributed by atoms with Crippen molar-refractivity contribution in [3.05, 3.63) is 89.3 Å². The molecule has 1 aliphatic carbocycles. The van der Waals surface area contributed by atoms with E-state index >= 15 is 0 Å². The Morgan fingerprint density at radius 2 is 1.88 bits per heavy atom. The predicted molar refractivity (Wildman–Crippen MR) is 127 cm³/mol. The number of benzene rings is 3. The van der Waals surface area contributed by atoms with Crippen molar-refractivity contribution in [2.24, 2.45) is 0 Å². The van der Waals surface area contributed by atoms with E-state index in [-0.39, 0.29) is 37.3 Å². The number of hydrogen-bond acceptors (Lipinski definition) is 3. The zero-order valence-corrected chi connectivity index (χ0v) is 21.2. The van der Waals surface area contributed by atoms with Gasteiger partial charge in [-0.2, -0.15) is 0 Å². The number of aromatic nitrogens is 1. The van der Waals surface area contributed by atoms with Gasteiger partial charge in [-0.15, -0.1) is 23.3 Å². The second-order valence-corrected chi connectivity index (χ2v) is 8.59. The number of rotatable bonds is 1. The molecule has 0 saturated heterocycles. The smallest absolute Gasteiger partial charge is 0.155 e. The van der Waals surface area contributed by atoms with E-state index in [0.29, 0.717) is 0 Å². The average Bonchev–Trinajstić information content (AvgIpc) is 2.76. The third kappa shape index (κ3) is 4.13. The van der Waals surface area contributed by atoms with E-state index in [2.05, 4.69) is 75.4 Å². The summed E-state index contributed by atoms with van der Waals surface area (Å²) in [6.45, 7) is 9.38. The summed E-state index contributed by atoms with van der Waals surface area (Å²) in [4.78, 5) is 14.9. The fourth-order valence-electron chi connectivity index (χ4n) is 4.58. The fraction of sp³-hybridized carbons (Fsp3) is 0.214. The van der Waals surface area contributed by atoms with Crippen LogP contribution in [0.5, 0.6) is 0 Å². The molecule has 0 amide bonds. The SMILES string of the molecule is Cc1cc2c3c(nccc3c1)-c1[c-]cc3ccccc3c1C2(C)C.[2H]/C(C(C)=O)=C(\C)O.[Ir]. The molecule has 0 fully saturated rings. The first kappa shape index (κ1) is 22.4. The van der Waals surface area contributed by atoms with Crippen LogP contribution in [0.15, 0.2) is 66.5 Å². The Balaban J connectivity index is 0.000000297. The van der Waals surface area contributed by atoms with Crippen molar-refractivity contribution in [3.63, 3.8) is 0 Å². The molecule has 1 radical (unpaired) electrons. The number of aliphatic hydroxyl groups is 1. The number of hydrogen-bond donors (Lipinski definition) is 1. The number of carbonyl (C=O) groups is 1. The summed E-state index contributed by atoms with van der Waals surface area (Å²) in [6.07, 6.45) is 1.92. The van der Waals surface area contributed by atoms with Gasteiger partial charge in [-0.1, -0.05) is 66.6 Å². The standard InChI is InChI=1S/C23H18N.C5H8O2.Ir/c1-14-12-16-10-11-24-22-18-9-8-15-6-4-5-7-17(15)21(18)23(2,3)19(13-14)20(16)22;1-4(6)3-5(2)7;/h4-8,10-13H,1-3H3;3,6H,1-2H3;/q-1;;/b;4-3-;/i;3D;. The van der Waals surface area contributed by atoms with E-state index in [1.165, 1.54) is 52.1 Å². The number of aryl methyl sites for hydroxylation is 1. The molecule has 1 N–H and O–H groups in total. The van der Waals surface area contributed by atoms with Crippen LogP contribution < -0.4 is 0 Å². The topological polar surface area (TPSA) is 50.2 Å². The zero-order valence-electron chi connectivity index (χ0n) is 19.8. The van der Waals surface area contributed by atoms with Gasteiger partial charge in [0, 0.05) is 32.4 Å². The quantitative estimate of drug-likeness (QED) is 0.148. The van der Waals surface area contributed by atoms with Crippen LogP contribution in [0.2, 0.25) is 0 Å². The summed E-state index contributed by atoms with van der Waals surface area (Å²) < 4.78 is 6.76. The second-order valence-electron chi connectivity index (χ2n) is 8.59. The summed E-state index contributed by atoms with van der Waals surface area (Å²) in [6, 6.07) is 20.6. The molecule has 1 aromatic heterocycles. The Bertz CT molecular complexity index is 1420. The maximum atomic E-state index is 10.2. The van der Waals surface area contributed by atoms with Gasteiger partial charge in [0.15, 0.2) is 5.78 Å². The number of nitrogens with zero attached hydrogens (tertiary/aromatic N) is 1. The van der Waals surface area contributed by atoms with Crippen molar-refractivity contribution in [2.75, 3.05) is 0 Å². The van der Waals surface area contributed by atoms with Crippen molar-refractivity contribution in [1.82, 2.24) is 4.98 Å². The first-order chi connectivity index (χ1) is 15.1. The molecule has 0 spiro atoms. The first-order valence-electron chi connectivity index (χ1n) is 10.8. The monoisotopic (exact) mass is 602 g/mol. The van der Waals surface area contributed by atoms with Gasteiger partial charge in [0.1, 0.15) is 0 Å². The van der Waals surface area contributed by atoms with Crippen LogP contribution in [-0.4, -0.2) is 15.9 Å². The Morgan fingerprint density at radius 1 is 1.16 bits per heavy atom. The fourth-order valence-corrected chi connectivity index (χ4v) is 4.58. The minimum Gasteiger partial charge on any atom is -0.512 e. The van der Waals surface area contributed by atoms with Gasteiger partial charge in [-0.25, -0.2) is 0 Å². The number of allylic oxidation sites excluding steroid dienone is 2. The Hall–Kier alpha value is -2.81. The average molecular weight is 602 g/mol. The molecule has 1 aliphatic rings. The molecule has 5 rings (SSSR count). The van der Waals surface area contributed by atoms with E-state index in [4.69, 9.17) is 11.5 Å². The van der Waals surface area contributed by atoms with Gasteiger partial charge in [-0.3, -0.25) is 4.79 Å². The Kier molecular flexibility index (Phi) is 6.28. The van der Waals surface area contributed by atoms with Crippen LogP contribution in [0.4, 0.5) is 0 Å². The number of ketones is 1. The van der Waals surface area contributed by atoms with E-state index in [1.807, 2.05) is 6.20 Å². The van der Waals surface area contributed by atoms with Gasteiger partial charge in [-0.05, 0) is 54.3 Å². The molecule has 165 valence electrons. The molecule has 0 atom stereocenters. The summed E-state index contributed by atoms with van der Waals surface area (Å²) in [7, 11) is 0. The molecule has 0 bridgehead atoms. The van der Waals surface area contributed by atoms with Crippen LogP contribution in [0.25, 0.3) is 32.8 Å². The summed E-state index contributed by atoms with van der Waals surface area (Å²) in [5, 5.41) is 13.6. The van der Waals surface area contributed by atoms with Crippen LogP contribution in [0.3, 0.4) is 0 Å². The molecule has 0 unspecified atom stereocenters. The van der Waals surface area contributed by atoms with Crippen molar-refractivity contribution in [3.8, 4) is 11.3 Å². The molecule has 0 saturated carbocycles. The summed E-state index contributed by atoms with van der Waals surface area (Å²) >= 11 is 0. The second kappa shape index (κ2) is 8.97. The molecule has 0 aliphatic heterocycles. The first-order valence-corrected chi connectivity index (χ1v) is 10.3. The predicted octanol–water partition coefficient (Wildman–Crippen LogP) is 6.84. The third-order valence-electron chi connectivity index (χ3n) is 5.75. The molecule has 1 heterocycles. The van der Waals surface area contributed by atoms with Crippen molar-refractivity contribution in [2.45, 2.75) is 40.0 Å².